The van der Waals surface area contributed by atoms with Crippen LogP contribution in [0.5, 0.6) is 0 Å². The van der Waals surface area contributed by atoms with Crippen LogP contribution < -0.4 is 0 Å². The van der Waals surface area contributed by atoms with Gasteiger partial charge in [0.05, 0.1) is 5.29 Å². The molecule has 0 amide bonds. The van der Waals surface area contributed by atoms with Crippen LogP contribution in [-0.2, 0) is 10.3 Å². The minimum atomic E-state index is -4.40. The molecule has 0 saturated carbocycles. The van der Waals surface area contributed by atoms with Crippen LogP contribution in [-0.4, -0.2) is 24.4 Å². The van der Waals surface area contributed by atoms with E-state index in [0.717, 1.165) is 7.05 Å². The molecule has 0 heterocycles. The molecule has 0 aliphatic rings. The Morgan fingerprint density at radius 1 is 1.62 bits per heavy atom. The molecule has 0 aromatic carbocycles. The predicted molar refractivity (Wildman–Crippen MR) is 25.1 cm³/mol. The van der Waals surface area contributed by atoms with Gasteiger partial charge in [-0.05, 0) is 0 Å². The van der Waals surface area contributed by atoms with Crippen LogP contribution in [0, 0.1) is 4.91 Å². The summed E-state index contributed by atoms with van der Waals surface area (Å²) in [6.45, 7) is 0. The summed E-state index contributed by atoms with van der Waals surface area (Å²) >= 11 is 0. The highest BCUT2D eigenvalue weighted by molar-refractivity contribution is 7.83. The minimum Gasteiger partial charge on any atom is -0.268 e. The minimum absolute atomic E-state index is 0.0903. The molecule has 0 bridgehead atoms. The molecule has 0 aliphatic heterocycles. The van der Waals surface area contributed by atoms with Crippen molar-refractivity contribution >= 4 is 10.3 Å². The van der Waals surface area contributed by atoms with E-state index in [9.17, 15) is 13.3 Å². The molecule has 0 unspecified atom stereocenters. The van der Waals surface area contributed by atoms with Crippen LogP contribution in [0.25, 0.3) is 0 Å². The first-order chi connectivity index (χ1) is 3.48. The van der Waals surface area contributed by atoms with Crippen molar-refractivity contribution in [1.82, 2.24) is 4.41 Å². The van der Waals surface area contributed by atoms with E-state index in [2.05, 4.69) is 0 Å². The molecule has 0 radical (unpaired) electrons. The normalized spacial score (nSPS) is 10.8. The Bertz CT molecular complexity index is 170. The van der Waals surface area contributed by atoms with Gasteiger partial charge in [-0.2, -0.15) is 8.42 Å². The van der Waals surface area contributed by atoms with E-state index >= 15 is 0 Å². The summed E-state index contributed by atoms with van der Waals surface area (Å²) in [6.07, 6.45) is 0. The number of nitrogens with zero attached hydrogens (tertiary/aromatic N) is 2. The second-order valence-corrected chi connectivity index (χ2v) is 2.42. The van der Waals surface area contributed by atoms with Gasteiger partial charge in [0.1, 0.15) is 0 Å². The molecule has 8 heavy (non-hydrogen) atoms. The molecular weight excluding hydrogens is 136 g/mol. The molecule has 0 aromatic rings. The van der Waals surface area contributed by atoms with Gasteiger partial charge in [0.2, 0.25) is 0 Å². The highest BCUT2D eigenvalue weighted by Crippen LogP contribution is 1.89. The zero-order valence-corrected chi connectivity index (χ0v) is 4.79. The van der Waals surface area contributed by atoms with Crippen LogP contribution >= 0.6 is 0 Å². The molecule has 1 N–H and O–H groups in total. The van der Waals surface area contributed by atoms with Gasteiger partial charge >= 0.3 is 10.3 Å². The number of nitroso groups, excluding NO2 is 1. The highest BCUT2D eigenvalue weighted by atomic mass is 32.2. The average molecular weight is 140 g/mol. The molecule has 0 spiro atoms. The largest absolute Gasteiger partial charge is 0.377 e. The van der Waals surface area contributed by atoms with Crippen LogP contribution in [0.3, 0.4) is 0 Å². The van der Waals surface area contributed by atoms with Crippen molar-refractivity contribution in [1.29, 1.82) is 0 Å². The molecule has 0 saturated heterocycles. The summed E-state index contributed by atoms with van der Waals surface area (Å²) in [5, 5.41) is 1.91. The van der Waals surface area contributed by atoms with Crippen LogP contribution in [0.2, 0.25) is 0 Å². The molecule has 7 heteroatoms. The maximum atomic E-state index is 9.75. The fraction of sp³-hybridized carbons (Fsp3) is 1.00. The van der Waals surface area contributed by atoms with Crippen LogP contribution in [0.4, 0.5) is 0 Å². The molecule has 0 aromatic heterocycles. The smallest absolute Gasteiger partial charge is 0.268 e. The molecule has 0 aliphatic carbocycles. The Hall–Kier alpha value is -0.690. The lowest BCUT2D eigenvalue weighted by Crippen LogP contribution is -2.18. The van der Waals surface area contributed by atoms with Crippen molar-refractivity contribution in [2.45, 2.75) is 0 Å². The van der Waals surface area contributed by atoms with Crippen molar-refractivity contribution < 1.29 is 13.0 Å². The van der Waals surface area contributed by atoms with E-state index in [1.165, 1.54) is 0 Å². The lowest BCUT2D eigenvalue weighted by molar-refractivity contribution is 0.394. The zero-order valence-electron chi connectivity index (χ0n) is 3.97. The highest BCUT2D eigenvalue weighted by Gasteiger charge is 2.09. The average Bonchev–Trinajstić information content (AvgIpc) is 1.62. The third kappa shape index (κ3) is 1.85. The van der Waals surface area contributed by atoms with Gasteiger partial charge in [-0.1, -0.05) is 0 Å². The number of rotatable bonds is 2. The maximum Gasteiger partial charge on any atom is 0.377 e. The van der Waals surface area contributed by atoms with E-state index in [0.29, 0.717) is 0 Å². The Morgan fingerprint density at radius 3 is 2.00 bits per heavy atom. The first kappa shape index (κ1) is 7.31. The molecule has 0 fully saturated rings. The van der Waals surface area contributed by atoms with Gasteiger partial charge in [-0.3, -0.25) is 4.55 Å². The fourth-order valence-electron chi connectivity index (χ4n) is 0.0421. The van der Waals surface area contributed by atoms with Gasteiger partial charge in [0.25, 0.3) is 0 Å². The first-order valence-corrected chi connectivity index (χ1v) is 2.93. The van der Waals surface area contributed by atoms with Crippen LogP contribution in [0.1, 0.15) is 0 Å². The van der Waals surface area contributed by atoms with E-state index in [1.54, 1.807) is 0 Å². The van der Waals surface area contributed by atoms with E-state index < -0.39 is 10.3 Å². The second kappa shape index (κ2) is 2.05. The number of hydrogen-bond acceptors (Lipinski definition) is 4. The van der Waals surface area contributed by atoms with Crippen molar-refractivity contribution in [3.8, 4) is 0 Å². The molecule has 0 atom stereocenters. The summed E-state index contributed by atoms with van der Waals surface area (Å²) < 4.78 is 27.3. The third-order valence-corrected chi connectivity index (χ3v) is 1.18. The molecular formula is CH4N2O4S. The van der Waals surface area contributed by atoms with E-state index in [4.69, 9.17) is 4.55 Å². The molecule has 6 nitrogen and oxygen atoms in total. The topological polar surface area (TPSA) is 87.0 Å². The number of hydrogen-bond donors (Lipinski definition) is 1. The van der Waals surface area contributed by atoms with Crippen molar-refractivity contribution in [3.05, 3.63) is 4.91 Å². The van der Waals surface area contributed by atoms with Crippen molar-refractivity contribution in [2.75, 3.05) is 7.05 Å². The summed E-state index contributed by atoms with van der Waals surface area (Å²) in [5.41, 5.74) is 0. The molecule has 48 valence electrons. The summed E-state index contributed by atoms with van der Waals surface area (Å²) in [4.78, 5) is 9.29. The van der Waals surface area contributed by atoms with E-state index in [1.807, 2.05) is 5.29 Å². The van der Waals surface area contributed by atoms with Gasteiger partial charge in [-0.25, -0.2) is 0 Å². The van der Waals surface area contributed by atoms with Gasteiger partial charge in [-0.15, -0.1) is 9.32 Å². The third-order valence-electron chi connectivity index (χ3n) is 0.449. The lowest BCUT2D eigenvalue weighted by Gasteiger charge is -1.99. The Labute approximate surface area is 45.9 Å². The quantitative estimate of drug-likeness (QED) is 0.315. The molecule has 0 rings (SSSR count). The summed E-state index contributed by atoms with van der Waals surface area (Å²) in [6, 6.07) is 0. The maximum absolute atomic E-state index is 9.75. The van der Waals surface area contributed by atoms with Gasteiger partial charge in [0, 0.05) is 7.05 Å². The summed E-state index contributed by atoms with van der Waals surface area (Å²) in [7, 11) is -3.58. The standard InChI is InChI=1S/CH4N2O4S/c1-3(2-4)8(5,6)7/h1H3,(H,5,6,7). The fourth-order valence-corrected chi connectivity index (χ4v) is 0.126. The summed E-state index contributed by atoms with van der Waals surface area (Å²) in [5.74, 6) is 0. The lowest BCUT2D eigenvalue weighted by atomic mass is 11.5. The van der Waals surface area contributed by atoms with Crippen molar-refractivity contribution in [2.24, 2.45) is 5.29 Å². The monoisotopic (exact) mass is 140 g/mol. The first-order valence-electron chi connectivity index (χ1n) is 1.53. The Balaban J connectivity index is 4.26. The zero-order chi connectivity index (χ0) is 6.78. The second-order valence-electron chi connectivity index (χ2n) is 0.994. The SMILES string of the molecule is CN(N=O)S(=O)(=O)O. The van der Waals surface area contributed by atoms with Crippen molar-refractivity contribution in [3.63, 3.8) is 0 Å². The van der Waals surface area contributed by atoms with Gasteiger partial charge in [0.15, 0.2) is 0 Å². The van der Waals surface area contributed by atoms with Crippen LogP contribution in [0.15, 0.2) is 5.29 Å². The van der Waals surface area contributed by atoms with E-state index in [-0.39, 0.29) is 4.41 Å². The predicted octanol–water partition coefficient (Wildman–Crippen LogP) is -0.598. The Kier molecular flexibility index (Phi) is 1.88. The Morgan fingerprint density at radius 2 is 2.00 bits per heavy atom. The van der Waals surface area contributed by atoms with Gasteiger partial charge < -0.3 is 0 Å².